The summed E-state index contributed by atoms with van der Waals surface area (Å²) in [6.07, 6.45) is 1.21. The highest BCUT2D eigenvalue weighted by Crippen LogP contribution is 2.26. The van der Waals surface area contributed by atoms with E-state index in [0.717, 1.165) is 0 Å². The Morgan fingerprint density at radius 3 is 2.24 bits per heavy atom. The number of nitrogen functional groups attached to an aromatic ring is 1. The number of amides is 2. The number of aromatic nitrogens is 2. The largest absolute Gasteiger partial charge is 0.383 e. The van der Waals surface area contributed by atoms with Crippen LogP contribution in [0.1, 0.15) is 0 Å². The summed E-state index contributed by atoms with van der Waals surface area (Å²) >= 11 is 3.16. The van der Waals surface area contributed by atoms with Gasteiger partial charge in [0.2, 0.25) is 11.8 Å². The van der Waals surface area contributed by atoms with Crippen LogP contribution in [0.3, 0.4) is 0 Å². The van der Waals surface area contributed by atoms with Crippen molar-refractivity contribution in [2.45, 2.75) is 0 Å². The average molecular weight is 303 g/mol. The predicted molar refractivity (Wildman–Crippen MR) is 64.7 cm³/mol. The first-order valence-electron chi connectivity index (χ1n) is 4.49. The molecule has 17 heavy (non-hydrogen) atoms. The third-order valence-electron chi connectivity index (χ3n) is 1.79. The molecule has 0 atom stereocenters. The summed E-state index contributed by atoms with van der Waals surface area (Å²) in [5, 5.41) is 0. The van der Waals surface area contributed by atoms with Crippen molar-refractivity contribution in [3.8, 4) is 0 Å². The zero-order valence-corrected chi connectivity index (χ0v) is 10.3. The summed E-state index contributed by atoms with van der Waals surface area (Å²) in [6.45, 7) is -0.393. The molecule has 0 aromatic carbocycles. The molecule has 2 amide bonds. The fourth-order valence-corrected chi connectivity index (χ4v) is 1.63. The standard InChI is InChI=1S/C8H11BrN6O2/c9-6-7(12)13-3-14-8(6)15(1-4(10)16)2-5(11)17/h3H,1-2H2,(H2,10,16)(H2,11,17)(H2,12,13,14). The Morgan fingerprint density at radius 2 is 1.76 bits per heavy atom. The summed E-state index contributed by atoms with van der Waals surface area (Å²) in [5.41, 5.74) is 15.7. The molecule has 0 spiro atoms. The van der Waals surface area contributed by atoms with Crippen molar-refractivity contribution >= 4 is 39.4 Å². The predicted octanol–water partition coefficient (Wildman–Crippen LogP) is -1.40. The van der Waals surface area contributed by atoms with Crippen molar-refractivity contribution in [3.05, 3.63) is 10.8 Å². The van der Waals surface area contributed by atoms with Gasteiger partial charge in [0.25, 0.3) is 0 Å². The van der Waals surface area contributed by atoms with Crippen LogP contribution in [-0.2, 0) is 9.59 Å². The van der Waals surface area contributed by atoms with Gasteiger partial charge in [-0.3, -0.25) is 9.59 Å². The molecule has 6 N–H and O–H groups in total. The van der Waals surface area contributed by atoms with Gasteiger partial charge in [-0.25, -0.2) is 9.97 Å². The maximum atomic E-state index is 10.9. The highest BCUT2D eigenvalue weighted by molar-refractivity contribution is 9.10. The van der Waals surface area contributed by atoms with Crippen LogP contribution in [0.15, 0.2) is 10.8 Å². The summed E-state index contributed by atoms with van der Waals surface area (Å²) in [7, 11) is 0. The molecule has 0 saturated heterocycles. The number of hydrogen-bond donors (Lipinski definition) is 3. The Morgan fingerprint density at radius 1 is 1.24 bits per heavy atom. The SMILES string of the molecule is NC(=O)CN(CC(N)=O)c1ncnc(N)c1Br. The van der Waals surface area contributed by atoms with Gasteiger partial charge in [0, 0.05) is 0 Å². The monoisotopic (exact) mass is 302 g/mol. The van der Waals surface area contributed by atoms with Gasteiger partial charge in [-0.15, -0.1) is 0 Å². The Bertz CT molecular complexity index is 436. The summed E-state index contributed by atoms with van der Waals surface area (Å²) < 4.78 is 0.377. The number of primary amides is 2. The topological polar surface area (TPSA) is 141 Å². The maximum absolute atomic E-state index is 10.9. The molecule has 0 aliphatic carbocycles. The molecular formula is C8H11BrN6O2. The van der Waals surface area contributed by atoms with Gasteiger partial charge in [-0.2, -0.15) is 0 Å². The minimum Gasteiger partial charge on any atom is -0.383 e. The molecular weight excluding hydrogens is 292 g/mol. The summed E-state index contributed by atoms with van der Waals surface area (Å²) in [6, 6.07) is 0. The van der Waals surface area contributed by atoms with E-state index >= 15 is 0 Å². The lowest BCUT2D eigenvalue weighted by Gasteiger charge is -2.21. The van der Waals surface area contributed by atoms with Crippen LogP contribution in [0.25, 0.3) is 0 Å². The molecule has 0 bridgehead atoms. The zero-order chi connectivity index (χ0) is 13.0. The molecule has 1 rings (SSSR count). The molecule has 1 aromatic rings. The quantitative estimate of drug-likeness (QED) is 0.610. The third-order valence-corrected chi connectivity index (χ3v) is 2.55. The molecule has 1 heterocycles. The van der Waals surface area contributed by atoms with E-state index in [0.29, 0.717) is 4.47 Å². The molecule has 0 saturated carbocycles. The lowest BCUT2D eigenvalue weighted by Crippen LogP contribution is -2.40. The van der Waals surface area contributed by atoms with Crippen molar-refractivity contribution < 1.29 is 9.59 Å². The van der Waals surface area contributed by atoms with Gasteiger partial charge in [-0.1, -0.05) is 0 Å². The fourth-order valence-electron chi connectivity index (χ4n) is 1.18. The lowest BCUT2D eigenvalue weighted by molar-refractivity contribution is -0.117. The van der Waals surface area contributed by atoms with E-state index < -0.39 is 11.8 Å². The number of nitrogens with zero attached hydrogens (tertiary/aromatic N) is 3. The van der Waals surface area contributed by atoms with Crippen LogP contribution in [-0.4, -0.2) is 34.9 Å². The second-order valence-electron chi connectivity index (χ2n) is 3.19. The van der Waals surface area contributed by atoms with Crippen LogP contribution < -0.4 is 22.1 Å². The highest BCUT2D eigenvalue weighted by Gasteiger charge is 2.17. The van der Waals surface area contributed by atoms with Gasteiger partial charge >= 0.3 is 0 Å². The number of halogens is 1. The van der Waals surface area contributed by atoms with Crippen LogP contribution in [0, 0.1) is 0 Å². The fraction of sp³-hybridized carbons (Fsp3) is 0.250. The first kappa shape index (κ1) is 13.2. The van der Waals surface area contributed by atoms with E-state index in [1.807, 2.05) is 0 Å². The van der Waals surface area contributed by atoms with Crippen molar-refractivity contribution in [2.75, 3.05) is 23.7 Å². The molecule has 0 aliphatic heterocycles. The minimum absolute atomic E-state index is 0.189. The molecule has 0 radical (unpaired) electrons. The Labute approximate surface area is 105 Å². The third kappa shape index (κ3) is 3.55. The first-order chi connectivity index (χ1) is 7.91. The van der Waals surface area contributed by atoms with Crippen LogP contribution in [0.2, 0.25) is 0 Å². The Kier molecular flexibility index (Phi) is 4.21. The van der Waals surface area contributed by atoms with Crippen molar-refractivity contribution in [2.24, 2.45) is 11.5 Å². The van der Waals surface area contributed by atoms with Gasteiger partial charge in [0.1, 0.15) is 22.4 Å². The van der Waals surface area contributed by atoms with E-state index in [1.165, 1.54) is 11.2 Å². The Balaban J connectivity index is 3.07. The maximum Gasteiger partial charge on any atom is 0.237 e. The zero-order valence-electron chi connectivity index (χ0n) is 8.76. The number of carbonyl (C=O) groups excluding carboxylic acids is 2. The second kappa shape index (κ2) is 5.43. The molecule has 92 valence electrons. The number of rotatable bonds is 5. The molecule has 0 aliphatic rings. The van der Waals surface area contributed by atoms with Gasteiger partial charge in [0.15, 0.2) is 0 Å². The molecule has 1 aromatic heterocycles. The van der Waals surface area contributed by atoms with Crippen LogP contribution >= 0.6 is 15.9 Å². The van der Waals surface area contributed by atoms with Crippen molar-refractivity contribution in [3.63, 3.8) is 0 Å². The normalized spacial score (nSPS) is 9.94. The number of anilines is 2. The van der Waals surface area contributed by atoms with Crippen molar-refractivity contribution in [1.82, 2.24) is 9.97 Å². The van der Waals surface area contributed by atoms with E-state index in [-0.39, 0.29) is 24.7 Å². The van der Waals surface area contributed by atoms with Gasteiger partial charge in [0.05, 0.1) is 13.1 Å². The van der Waals surface area contributed by atoms with E-state index in [2.05, 4.69) is 25.9 Å². The first-order valence-corrected chi connectivity index (χ1v) is 5.28. The van der Waals surface area contributed by atoms with Crippen molar-refractivity contribution in [1.29, 1.82) is 0 Å². The molecule has 9 heteroatoms. The van der Waals surface area contributed by atoms with Crippen LogP contribution in [0.4, 0.5) is 11.6 Å². The molecule has 8 nitrogen and oxygen atoms in total. The summed E-state index contributed by atoms with van der Waals surface area (Å²) in [5.74, 6) is -0.755. The average Bonchev–Trinajstić information content (AvgIpc) is 2.19. The molecule has 0 unspecified atom stereocenters. The van der Waals surface area contributed by atoms with Gasteiger partial charge < -0.3 is 22.1 Å². The highest BCUT2D eigenvalue weighted by atomic mass is 79.9. The number of hydrogen-bond acceptors (Lipinski definition) is 6. The van der Waals surface area contributed by atoms with E-state index in [4.69, 9.17) is 17.2 Å². The van der Waals surface area contributed by atoms with Gasteiger partial charge in [-0.05, 0) is 15.9 Å². The van der Waals surface area contributed by atoms with E-state index in [9.17, 15) is 9.59 Å². The summed E-state index contributed by atoms with van der Waals surface area (Å²) in [4.78, 5) is 30.8. The minimum atomic E-state index is -0.615. The Hall–Kier alpha value is -1.90. The number of nitrogens with two attached hydrogens (primary N) is 3. The van der Waals surface area contributed by atoms with Crippen LogP contribution in [0.5, 0.6) is 0 Å². The van der Waals surface area contributed by atoms with E-state index in [1.54, 1.807) is 0 Å². The lowest BCUT2D eigenvalue weighted by atomic mass is 10.4. The second-order valence-corrected chi connectivity index (χ2v) is 3.98. The smallest absolute Gasteiger partial charge is 0.237 e. The number of carbonyl (C=O) groups is 2. The molecule has 0 fully saturated rings.